The summed E-state index contributed by atoms with van der Waals surface area (Å²) in [4.78, 5) is 12.1. The smallest absolute Gasteiger partial charge is 0.330 e. The van der Waals surface area contributed by atoms with Gasteiger partial charge in [0.15, 0.2) is 0 Å². The average molecular weight is 330 g/mol. The Morgan fingerprint density at radius 1 is 1.58 bits per heavy atom. The zero-order valence-electron chi connectivity index (χ0n) is 11.0. The molecule has 1 aliphatic rings. The van der Waals surface area contributed by atoms with Crippen molar-refractivity contribution in [3.05, 3.63) is 34.1 Å². The van der Waals surface area contributed by atoms with Crippen molar-refractivity contribution in [2.75, 3.05) is 13.7 Å². The van der Waals surface area contributed by atoms with Gasteiger partial charge in [-0.1, -0.05) is 22.0 Å². The summed E-state index contributed by atoms with van der Waals surface area (Å²) in [5.41, 5.74) is -0.287. The summed E-state index contributed by atoms with van der Waals surface area (Å²) in [5.74, 6) is -0.0892. The molecule has 19 heavy (non-hydrogen) atoms. The lowest BCUT2D eigenvalue weighted by Gasteiger charge is -2.29. The van der Waals surface area contributed by atoms with Gasteiger partial charge in [0.25, 0.3) is 0 Å². The molecular weight excluding hydrogens is 313 g/mol. The molecule has 1 aromatic carbocycles. The summed E-state index contributed by atoms with van der Waals surface area (Å²) < 4.78 is 18.6. The van der Waals surface area contributed by atoms with Crippen molar-refractivity contribution in [3.63, 3.8) is 0 Å². The molecule has 1 unspecified atom stereocenters. The van der Waals surface area contributed by atoms with Crippen LogP contribution in [0.3, 0.4) is 0 Å². The van der Waals surface area contributed by atoms with E-state index in [1.807, 2.05) is 0 Å². The minimum Gasteiger partial charge on any atom is -0.467 e. The van der Waals surface area contributed by atoms with Gasteiger partial charge >= 0.3 is 5.97 Å². The minimum absolute atomic E-state index is 0.343. The highest BCUT2D eigenvalue weighted by atomic mass is 79.9. The van der Waals surface area contributed by atoms with Gasteiger partial charge in [0.1, 0.15) is 11.4 Å². The van der Waals surface area contributed by atoms with Gasteiger partial charge in [-0.2, -0.15) is 0 Å². The van der Waals surface area contributed by atoms with Gasteiger partial charge in [0.2, 0.25) is 0 Å². The van der Waals surface area contributed by atoms with Crippen molar-refractivity contribution >= 4 is 21.9 Å². The Kier molecular flexibility index (Phi) is 4.26. The zero-order chi connectivity index (χ0) is 14.0. The van der Waals surface area contributed by atoms with Crippen LogP contribution in [0.1, 0.15) is 25.3 Å². The monoisotopic (exact) mass is 329 g/mol. The molecule has 0 radical (unpaired) electrons. The number of ether oxygens (including phenoxy) is 1. The van der Waals surface area contributed by atoms with Gasteiger partial charge in [-0.05, 0) is 49.9 Å². The fraction of sp³-hybridized carbons (Fsp3) is 0.500. The van der Waals surface area contributed by atoms with Crippen LogP contribution in [0.15, 0.2) is 22.7 Å². The van der Waals surface area contributed by atoms with Gasteiger partial charge in [-0.25, -0.2) is 9.18 Å². The van der Waals surface area contributed by atoms with Crippen molar-refractivity contribution in [1.29, 1.82) is 0 Å². The number of carbonyl (C=O) groups is 1. The standard InChI is InChI=1S/C14H17BrFNO2/c1-14(13(18)19-2,17-8-9-3-4-9)11-6-5-10(16)7-12(11)15/h5-7,9,17H,3-4,8H2,1-2H3. The maximum atomic E-state index is 13.2. The van der Waals surface area contributed by atoms with Crippen LogP contribution >= 0.6 is 15.9 Å². The van der Waals surface area contributed by atoms with Crippen molar-refractivity contribution in [2.45, 2.75) is 25.3 Å². The molecule has 0 spiro atoms. The highest BCUT2D eigenvalue weighted by Gasteiger charge is 2.39. The predicted molar refractivity (Wildman–Crippen MR) is 74.2 cm³/mol. The first-order valence-electron chi connectivity index (χ1n) is 6.26. The first-order valence-corrected chi connectivity index (χ1v) is 7.05. The Morgan fingerprint density at radius 3 is 2.79 bits per heavy atom. The molecule has 1 N–H and O–H groups in total. The second-order valence-electron chi connectivity index (χ2n) is 5.07. The maximum absolute atomic E-state index is 13.2. The highest BCUT2D eigenvalue weighted by molar-refractivity contribution is 9.10. The Bertz CT molecular complexity index is 490. The van der Waals surface area contributed by atoms with Crippen molar-refractivity contribution in [1.82, 2.24) is 5.32 Å². The van der Waals surface area contributed by atoms with Crippen LogP contribution in [-0.4, -0.2) is 19.6 Å². The Morgan fingerprint density at radius 2 is 2.26 bits per heavy atom. The molecule has 0 aliphatic heterocycles. The summed E-state index contributed by atoms with van der Waals surface area (Å²) in [5, 5.41) is 3.26. The molecule has 1 atom stereocenters. The molecule has 0 saturated heterocycles. The number of hydrogen-bond acceptors (Lipinski definition) is 3. The summed E-state index contributed by atoms with van der Waals surface area (Å²) in [7, 11) is 1.36. The predicted octanol–water partition coefficient (Wildman–Crippen LogP) is 2.98. The van der Waals surface area contributed by atoms with Crippen LogP contribution in [0.2, 0.25) is 0 Å². The van der Waals surface area contributed by atoms with Crippen molar-refractivity contribution in [3.8, 4) is 0 Å². The second-order valence-corrected chi connectivity index (χ2v) is 5.92. The maximum Gasteiger partial charge on any atom is 0.330 e. The van der Waals surface area contributed by atoms with Crippen molar-refractivity contribution in [2.24, 2.45) is 5.92 Å². The fourth-order valence-electron chi connectivity index (χ4n) is 2.05. The lowest BCUT2D eigenvalue weighted by molar-refractivity contribution is -0.148. The Balaban J connectivity index is 2.31. The SMILES string of the molecule is COC(=O)C(C)(NCC1CC1)c1ccc(F)cc1Br. The van der Waals surface area contributed by atoms with E-state index in [4.69, 9.17) is 4.74 Å². The minimum atomic E-state index is -0.968. The van der Waals surface area contributed by atoms with E-state index >= 15 is 0 Å². The summed E-state index contributed by atoms with van der Waals surface area (Å²) in [6, 6.07) is 4.31. The van der Waals surface area contributed by atoms with E-state index in [0.29, 0.717) is 16.0 Å². The number of hydrogen-bond donors (Lipinski definition) is 1. The number of esters is 1. The molecule has 0 bridgehead atoms. The molecule has 1 fully saturated rings. The van der Waals surface area contributed by atoms with E-state index in [0.717, 1.165) is 6.54 Å². The molecule has 2 rings (SSSR count). The van der Waals surface area contributed by atoms with Crippen LogP contribution in [0.4, 0.5) is 4.39 Å². The number of nitrogens with one attached hydrogen (secondary N) is 1. The Hall–Kier alpha value is -0.940. The zero-order valence-corrected chi connectivity index (χ0v) is 12.6. The number of benzene rings is 1. The molecule has 0 amide bonds. The quantitative estimate of drug-likeness (QED) is 0.844. The number of rotatable bonds is 5. The van der Waals surface area contributed by atoms with E-state index in [9.17, 15) is 9.18 Å². The first-order chi connectivity index (χ1) is 8.97. The summed E-state index contributed by atoms with van der Waals surface area (Å²) in [6.07, 6.45) is 2.38. The molecule has 104 valence electrons. The van der Waals surface area contributed by atoms with Gasteiger partial charge in [0.05, 0.1) is 7.11 Å². The Labute approximate surface area is 120 Å². The van der Waals surface area contributed by atoms with Crippen LogP contribution < -0.4 is 5.32 Å². The lowest BCUT2D eigenvalue weighted by atomic mass is 9.91. The third kappa shape index (κ3) is 3.15. The largest absolute Gasteiger partial charge is 0.467 e. The highest BCUT2D eigenvalue weighted by Crippen LogP contribution is 2.33. The summed E-state index contributed by atoms with van der Waals surface area (Å²) >= 11 is 3.32. The lowest BCUT2D eigenvalue weighted by Crippen LogP contribution is -2.48. The molecule has 1 saturated carbocycles. The van der Waals surface area contributed by atoms with E-state index in [1.165, 1.54) is 32.1 Å². The van der Waals surface area contributed by atoms with Crippen LogP contribution in [0.25, 0.3) is 0 Å². The molecule has 1 aliphatic carbocycles. The van der Waals surface area contributed by atoms with E-state index in [1.54, 1.807) is 13.0 Å². The number of methoxy groups -OCH3 is 1. The number of halogens is 2. The number of carbonyl (C=O) groups excluding carboxylic acids is 1. The first kappa shape index (κ1) is 14.5. The summed E-state index contributed by atoms with van der Waals surface area (Å²) in [6.45, 7) is 2.52. The molecule has 0 aromatic heterocycles. The normalized spacial score (nSPS) is 17.9. The van der Waals surface area contributed by atoms with Crippen LogP contribution in [0, 0.1) is 11.7 Å². The third-order valence-electron chi connectivity index (χ3n) is 3.50. The topological polar surface area (TPSA) is 38.3 Å². The van der Waals surface area contributed by atoms with Crippen LogP contribution in [0.5, 0.6) is 0 Å². The van der Waals surface area contributed by atoms with Gasteiger partial charge < -0.3 is 4.74 Å². The average Bonchev–Trinajstić information content (AvgIpc) is 3.19. The van der Waals surface area contributed by atoms with Crippen LogP contribution in [-0.2, 0) is 15.1 Å². The van der Waals surface area contributed by atoms with E-state index < -0.39 is 5.54 Å². The van der Waals surface area contributed by atoms with Gasteiger partial charge in [-0.3, -0.25) is 5.32 Å². The molecule has 5 heteroatoms. The molecule has 3 nitrogen and oxygen atoms in total. The third-order valence-corrected chi connectivity index (χ3v) is 4.16. The molecule has 1 aromatic rings. The van der Waals surface area contributed by atoms with Crippen molar-refractivity contribution < 1.29 is 13.9 Å². The molecule has 0 heterocycles. The van der Waals surface area contributed by atoms with Gasteiger partial charge in [0, 0.05) is 4.47 Å². The molecular formula is C14H17BrFNO2. The second kappa shape index (κ2) is 5.59. The van der Waals surface area contributed by atoms with E-state index in [-0.39, 0.29) is 11.8 Å². The van der Waals surface area contributed by atoms with Gasteiger partial charge in [-0.15, -0.1) is 0 Å². The fourth-order valence-corrected chi connectivity index (χ4v) is 2.79. The van der Waals surface area contributed by atoms with E-state index in [2.05, 4.69) is 21.2 Å².